The number of hydrogen-bond acceptors (Lipinski definition) is 6. The summed E-state index contributed by atoms with van der Waals surface area (Å²) in [7, 11) is 2.28. The molecule has 9 heteroatoms. The first-order valence-electron chi connectivity index (χ1n) is 10.0. The summed E-state index contributed by atoms with van der Waals surface area (Å²) in [6.07, 6.45) is 6.18. The molecule has 2 aromatic rings. The Bertz CT molecular complexity index is 858. The molecule has 29 heavy (non-hydrogen) atoms. The number of halogens is 2. The molecule has 5 rings (SSSR count). The SMILES string of the molecule is CN1C2CCCC1CC(N(c1nc3c(C(N)=O)cccc3o1)C1CNC1)C2.Cl.Cl. The summed E-state index contributed by atoms with van der Waals surface area (Å²) in [6, 6.07) is 8.11. The van der Waals surface area contributed by atoms with Crippen LogP contribution in [0.25, 0.3) is 11.1 Å². The van der Waals surface area contributed by atoms with Gasteiger partial charge in [0.25, 0.3) is 11.9 Å². The highest BCUT2D eigenvalue weighted by molar-refractivity contribution is 6.03. The van der Waals surface area contributed by atoms with Crippen molar-refractivity contribution in [3.05, 3.63) is 23.8 Å². The maximum Gasteiger partial charge on any atom is 0.299 e. The molecular weight excluding hydrogens is 413 g/mol. The van der Waals surface area contributed by atoms with Crippen molar-refractivity contribution in [3.63, 3.8) is 0 Å². The van der Waals surface area contributed by atoms with Gasteiger partial charge >= 0.3 is 0 Å². The zero-order chi connectivity index (χ0) is 18.5. The molecule has 1 amide bonds. The van der Waals surface area contributed by atoms with Crippen molar-refractivity contribution >= 4 is 47.8 Å². The molecule has 160 valence electrons. The van der Waals surface area contributed by atoms with Crippen LogP contribution in [0.15, 0.2) is 22.6 Å². The van der Waals surface area contributed by atoms with E-state index in [-0.39, 0.29) is 24.8 Å². The fraction of sp³-hybridized carbons (Fsp3) is 0.600. The van der Waals surface area contributed by atoms with E-state index in [0.717, 1.165) is 25.9 Å². The van der Waals surface area contributed by atoms with E-state index in [1.54, 1.807) is 12.1 Å². The highest BCUT2D eigenvalue weighted by atomic mass is 35.5. The Morgan fingerprint density at radius 1 is 1.21 bits per heavy atom. The fourth-order valence-corrected chi connectivity index (χ4v) is 5.14. The molecular formula is C20H29Cl2N5O2. The number of piperidine rings is 2. The van der Waals surface area contributed by atoms with Gasteiger partial charge in [-0.2, -0.15) is 4.98 Å². The fourth-order valence-electron chi connectivity index (χ4n) is 5.14. The average molecular weight is 442 g/mol. The third-order valence-electron chi connectivity index (χ3n) is 6.76. The summed E-state index contributed by atoms with van der Waals surface area (Å²) in [4.78, 5) is 21.5. The van der Waals surface area contributed by atoms with Gasteiger partial charge < -0.3 is 25.3 Å². The lowest BCUT2D eigenvalue weighted by Gasteiger charge is -2.52. The Morgan fingerprint density at radius 2 is 1.90 bits per heavy atom. The van der Waals surface area contributed by atoms with E-state index in [2.05, 4.69) is 22.2 Å². The number of benzene rings is 1. The quantitative estimate of drug-likeness (QED) is 0.757. The van der Waals surface area contributed by atoms with Crippen molar-refractivity contribution in [2.75, 3.05) is 25.0 Å². The summed E-state index contributed by atoms with van der Waals surface area (Å²) < 4.78 is 6.15. The minimum absolute atomic E-state index is 0. The van der Waals surface area contributed by atoms with Crippen LogP contribution in [0, 0.1) is 0 Å². The summed E-state index contributed by atoms with van der Waals surface area (Å²) in [5.41, 5.74) is 7.16. The van der Waals surface area contributed by atoms with Gasteiger partial charge in [-0.3, -0.25) is 4.79 Å². The molecule has 3 saturated heterocycles. The predicted molar refractivity (Wildman–Crippen MR) is 118 cm³/mol. The Kier molecular flexibility index (Phi) is 6.63. The normalized spacial score (nSPS) is 26.9. The molecule has 0 spiro atoms. The van der Waals surface area contributed by atoms with Gasteiger partial charge in [0.05, 0.1) is 11.6 Å². The van der Waals surface area contributed by atoms with Crippen LogP contribution in [-0.4, -0.2) is 60.1 Å². The topological polar surface area (TPSA) is 87.6 Å². The minimum atomic E-state index is -0.467. The maximum absolute atomic E-state index is 11.8. The number of fused-ring (bicyclic) bond motifs is 3. The molecule has 2 unspecified atom stereocenters. The lowest BCUT2D eigenvalue weighted by molar-refractivity contribution is 0.0509. The number of carbonyl (C=O) groups is 1. The van der Waals surface area contributed by atoms with Gasteiger partial charge in [0.2, 0.25) is 0 Å². The Morgan fingerprint density at radius 3 is 2.48 bits per heavy atom. The van der Waals surface area contributed by atoms with Crippen LogP contribution in [0.5, 0.6) is 0 Å². The van der Waals surface area contributed by atoms with Crippen LogP contribution >= 0.6 is 24.8 Å². The molecule has 1 aromatic carbocycles. The van der Waals surface area contributed by atoms with Crippen molar-refractivity contribution < 1.29 is 9.21 Å². The summed E-state index contributed by atoms with van der Waals surface area (Å²) in [5, 5.41) is 3.38. The number of carbonyl (C=O) groups excluding carboxylic acids is 1. The van der Waals surface area contributed by atoms with E-state index in [0.29, 0.717) is 46.8 Å². The first kappa shape index (κ1) is 22.2. The van der Waals surface area contributed by atoms with Crippen molar-refractivity contribution in [1.82, 2.24) is 15.2 Å². The number of hydrogen-bond donors (Lipinski definition) is 2. The third-order valence-corrected chi connectivity index (χ3v) is 6.76. The summed E-state index contributed by atoms with van der Waals surface area (Å²) in [6.45, 7) is 1.89. The van der Waals surface area contributed by atoms with Gasteiger partial charge in [-0.05, 0) is 44.9 Å². The zero-order valence-corrected chi connectivity index (χ0v) is 18.2. The minimum Gasteiger partial charge on any atom is -0.423 e. The molecule has 3 aliphatic rings. The number of oxazole rings is 1. The molecule has 3 aliphatic heterocycles. The first-order valence-corrected chi connectivity index (χ1v) is 10.0. The van der Waals surface area contributed by atoms with E-state index in [4.69, 9.17) is 15.1 Å². The molecule has 3 fully saturated rings. The molecule has 4 heterocycles. The summed E-state index contributed by atoms with van der Waals surface area (Å²) >= 11 is 0. The second-order valence-corrected chi connectivity index (χ2v) is 8.26. The number of primary amides is 1. The number of nitrogens with zero attached hydrogens (tertiary/aromatic N) is 3. The van der Waals surface area contributed by atoms with E-state index < -0.39 is 5.91 Å². The van der Waals surface area contributed by atoms with E-state index in [1.807, 2.05) is 6.07 Å². The van der Waals surface area contributed by atoms with E-state index in [1.165, 1.54) is 19.3 Å². The highest BCUT2D eigenvalue weighted by Crippen LogP contribution is 2.38. The highest BCUT2D eigenvalue weighted by Gasteiger charge is 2.42. The van der Waals surface area contributed by atoms with Crippen LogP contribution in [-0.2, 0) is 0 Å². The molecule has 0 aliphatic carbocycles. The second kappa shape index (κ2) is 8.68. The zero-order valence-electron chi connectivity index (χ0n) is 16.5. The standard InChI is InChI=1S/C20H27N5O2.2ClH/c1-24-12-4-2-5-13(24)9-14(8-12)25(15-10-22-11-15)20-23-18-16(19(21)26)6-3-7-17(18)27-20;;/h3,6-7,12-15,22H,2,4-5,8-11H2,1H3,(H2,21,26);2*1H. The smallest absolute Gasteiger partial charge is 0.299 e. The number of rotatable bonds is 4. The number of amides is 1. The Balaban J connectivity index is 0.00000120. The molecule has 7 nitrogen and oxygen atoms in total. The number of nitrogens with two attached hydrogens (primary N) is 1. The third kappa shape index (κ3) is 3.81. The molecule has 1 aromatic heterocycles. The van der Waals surface area contributed by atoms with Crippen LogP contribution in [0.1, 0.15) is 42.5 Å². The van der Waals surface area contributed by atoms with E-state index in [9.17, 15) is 4.79 Å². The molecule has 2 bridgehead atoms. The van der Waals surface area contributed by atoms with Crippen LogP contribution in [0.2, 0.25) is 0 Å². The Hall–Kier alpha value is -1.54. The Labute approximate surface area is 183 Å². The maximum atomic E-state index is 11.8. The summed E-state index contributed by atoms with van der Waals surface area (Å²) in [5.74, 6) is -0.467. The van der Waals surface area contributed by atoms with E-state index >= 15 is 0 Å². The van der Waals surface area contributed by atoms with Gasteiger partial charge in [-0.1, -0.05) is 12.5 Å². The van der Waals surface area contributed by atoms with Crippen molar-refractivity contribution in [2.45, 2.75) is 56.3 Å². The molecule has 3 N–H and O–H groups in total. The lowest BCUT2D eigenvalue weighted by atomic mass is 9.81. The van der Waals surface area contributed by atoms with Crippen molar-refractivity contribution in [3.8, 4) is 0 Å². The molecule has 0 saturated carbocycles. The van der Waals surface area contributed by atoms with Gasteiger partial charge in [0.15, 0.2) is 5.58 Å². The number of para-hydroxylation sites is 1. The first-order chi connectivity index (χ1) is 13.1. The molecule has 0 radical (unpaired) electrons. The number of aromatic nitrogens is 1. The number of nitrogens with one attached hydrogen (secondary N) is 1. The average Bonchev–Trinajstić information content (AvgIpc) is 3.01. The number of anilines is 1. The van der Waals surface area contributed by atoms with Crippen LogP contribution in [0.4, 0.5) is 6.01 Å². The molecule has 2 atom stereocenters. The van der Waals surface area contributed by atoms with Crippen LogP contribution < -0.4 is 16.0 Å². The largest absolute Gasteiger partial charge is 0.423 e. The van der Waals surface area contributed by atoms with Gasteiger partial charge in [0.1, 0.15) is 5.52 Å². The van der Waals surface area contributed by atoms with Crippen molar-refractivity contribution in [1.29, 1.82) is 0 Å². The van der Waals surface area contributed by atoms with Gasteiger partial charge in [-0.25, -0.2) is 0 Å². The second-order valence-electron chi connectivity index (χ2n) is 8.26. The monoisotopic (exact) mass is 441 g/mol. The lowest BCUT2D eigenvalue weighted by Crippen LogP contribution is -2.64. The van der Waals surface area contributed by atoms with Gasteiger partial charge in [-0.15, -0.1) is 24.8 Å². The van der Waals surface area contributed by atoms with Crippen molar-refractivity contribution in [2.24, 2.45) is 5.73 Å². The predicted octanol–water partition coefficient (Wildman–Crippen LogP) is 2.56. The van der Waals surface area contributed by atoms with Gasteiger partial charge in [0, 0.05) is 31.2 Å². The van der Waals surface area contributed by atoms with Crippen LogP contribution in [0.3, 0.4) is 0 Å².